The fraction of sp³-hybridized carbons (Fsp3) is 0.273. The quantitative estimate of drug-likeness (QED) is 0.807. The monoisotopic (exact) mass is 281 g/mol. The van der Waals surface area contributed by atoms with Crippen molar-refractivity contribution < 1.29 is 4.74 Å². The molecule has 2 aromatic rings. The molecule has 0 saturated heterocycles. The molecule has 0 radical (unpaired) electrons. The Balaban J connectivity index is 2.13. The summed E-state index contributed by atoms with van der Waals surface area (Å²) in [4.78, 5) is 0. The van der Waals surface area contributed by atoms with Gasteiger partial charge in [-0.1, -0.05) is 33.3 Å². The Morgan fingerprint density at radius 2 is 2.31 bits per heavy atom. The van der Waals surface area contributed by atoms with Gasteiger partial charge in [0.1, 0.15) is 5.75 Å². The fourth-order valence-corrected chi connectivity index (χ4v) is 1.69. The predicted octanol–water partition coefficient (Wildman–Crippen LogP) is 2.23. The fourth-order valence-electron chi connectivity index (χ4n) is 1.43. The second-order valence-electron chi connectivity index (χ2n) is 3.39. The average molecular weight is 282 g/mol. The summed E-state index contributed by atoms with van der Waals surface area (Å²) in [6, 6.07) is 7.93. The second kappa shape index (κ2) is 5.12. The van der Waals surface area contributed by atoms with Crippen molar-refractivity contribution in [1.29, 1.82) is 0 Å². The van der Waals surface area contributed by atoms with Crippen molar-refractivity contribution in [2.75, 3.05) is 7.11 Å². The Bertz CT molecular complexity index is 470. The van der Waals surface area contributed by atoms with Gasteiger partial charge in [0.15, 0.2) is 0 Å². The average Bonchev–Trinajstić information content (AvgIpc) is 2.77. The summed E-state index contributed by atoms with van der Waals surface area (Å²) in [6.45, 7) is 0.706. The van der Waals surface area contributed by atoms with E-state index >= 15 is 0 Å². The van der Waals surface area contributed by atoms with Crippen LogP contribution in [-0.4, -0.2) is 22.1 Å². The van der Waals surface area contributed by atoms with Gasteiger partial charge in [0.2, 0.25) is 0 Å². The van der Waals surface area contributed by atoms with E-state index in [1.807, 2.05) is 35.1 Å². The van der Waals surface area contributed by atoms with Crippen LogP contribution < -0.4 is 4.74 Å². The van der Waals surface area contributed by atoms with Gasteiger partial charge in [-0.25, -0.2) is 4.68 Å². The van der Waals surface area contributed by atoms with Gasteiger partial charge in [-0.05, 0) is 17.7 Å². The molecular formula is C11H12BrN3O. The number of nitrogens with zero attached hydrogens (tertiary/aromatic N) is 3. The van der Waals surface area contributed by atoms with E-state index in [1.165, 1.54) is 0 Å². The van der Waals surface area contributed by atoms with E-state index in [9.17, 15) is 0 Å². The molecule has 0 N–H and O–H groups in total. The van der Waals surface area contributed by atoms with Gasteiger partial charge in [0.25, 0.3) is 0 Å². The molecule has 0 unspecified atom stereocenters. The van der Waals surface area contributed by atoms with Crippen LogP contribution in [-0.2, 0) is 11.9 Å². The van der Waals surface area contributed by atoms with E-state index in [-0.39, 0.29) is 0 Å². The van der Waals surface area contributed by atoms with Crippen LogP contribution in [0.5, 0.6) is 5.75 Å². The first-order chi connectivity index (χ1) is 7.81. The topological polar surface area (TPSA) is 39.9 Å². The van der Waals surface area contributed by atoms with E-state index in [0.29, 0.717) is 6.54 Å². The predicted molar refractivity (Wildman–Crippen MR) is 64.7 cm³/mol. The minimum Gasteiger partial charge on any atom is -0.497 e. The Kier molecular flexibility index (Phi) is 3.56. The van der Waals surface area contributed by atoms with E-state index in [0.717, 1.165) is 22.3 Å². The van der Waals surface area contributed by atoms with E-state index in [4.69, 9.17) is 4.74 Å². The van der Waals surface area contributed by atoms with Crippen LogP contribution in [0, 0.1) is 0 Å². The molecule has 0 aliphatic carbocycles. The van der Waals surface area contributed by atoms with Crippen LogP contribution in [0.4, 0.5) is 0 Å². The number of alkyl halides is 1. The lowest BCUT2D eigenvalue weighted by Crippen LogP contribution is -2.00. The molecule has 0 fully saturated rings. The van der Waals surface area contributed by atoms with Gasteiger partial charge in [0.05, 0.1) is 19.3 Å². The third-order valence-corrected chi connectivity index (χ3v) is 2.78. The number of aromatic nitrogens is 3. The number of methoxy groups -OCH3 is 1. The lowest BCUT2D eigenvalue weighted by molar-refractivity contribution is 0.414. The van der Waals surface area contributed by atoms with E-state index < -0.39 is 0 Å². The first kappa shape index (κ1) is 11.1. The molecule has 0 atom stereocenters. The molecule has 1 heterocycles. The SMILES string of the molecule is COc1cccc(Cn2cc(CBr)nn2)c1. The zero-order valence-electron chi connectivity index (χ0n) is 8.93. The molecule has 0 spiro atoms. The van der Waals surface area contributed by atoms with Crippen molar-refractivity contribution in [3.05, 3.63) is 41.7 Å². The normalized spacial score (nSPS) is 10.4. The van der Waals surface area contributed by atoms with Crippen LogP contribution in [0.3, 0.4) is 0 Å². The molecule has 0 aliphatic heterocycles. The minimum atomic E-state index is 0.706. The smallest absolute Gasteiger partial charge is 0.119 e. The zero-order chi connectivity index (χ0) is 11.4. The molecule has 5 heteroatoms. The van der Waals surface area contributed by atoms with Gasteiger partial charge in [0, 0.05) is 11.5 Å². The second-order valence-corrected chi connectivity index (χ2v) is 3.95. The largest absolute Gasteiger partial charge is 0.497 e. The van der Waals surface area contributed by atoms with Crippen molar-refractivity contribution in [3.63, 3.8) is 0 Å². The molecular weight excluding hydrogens is 270 g/mol. The van der Waals surface area contributed by atoms with Gasteiger partial charge >= 0.3 is 0 Å². The van der Waals surface area contributed by atoms with Crippen molar-refractivity contribution in [2.24, 2.45) is 0 Å². The molecule has 0 amide bonds. The number of rotatable bonds is 4. The van der Waals surface area contributed by atoms with Gasteiger partial charge in [-0.2, -0.15) is 0 Å². The molecule has 0 aliphatic rings. The zero-order valence-corrected chi connectivity index (χ0v) is 10.5. The lowest BCUT2D eigenvalue weighted by atomic mass is 10.2. The van der Waals surface area contributed by atoms with Crippen LogP contribution in [0.25, 0.3) is 0 Å². The van der Waals surface area contributed by atoms with Crippen molar-refractivity contribution in [3.8, 4) is 5.75 Å². The van der Waals surface area contributed by atoms with Crippen LogP contribution >= 0.6 is 15.9 Å². The first-order valence-electron chi connectivity index (χ1n) is 4.89. The highest BCUT2D eigenvalue weighted by Gasteiger charge is 2.01. The van der Waals surface area contributed by atoms with Gasteiger partial charge < -0.3 is 4.74 Å². The molecule has 16 heavy (non-hydrogen) atoms. The number of halogens is 1. The number of hydrogen-bond donors (Lipinski definition) is 0. The standard InChI is InChI=1S/C11H12BrN3O/c1-16-11-4-2-3-9(5-11)7-15-8-10(6-12)13-14-15/h2-5,8H,6-7H2,1H3. The Morgan fingerprint density at radius 3 is 3.00 bits per heavy atom. The number of hydrogen-bond acceptors (Lipinski definition) is 3. The molecule has 0 saturated carbocycles. The highest BCUT2D eigenvalue weighted by Crippen LogP contribution is 2.13. The molecule has 0 bridgehead atoms. The molecule has 4 nitrogen and oxygen atoms in total. The van der Waals surface area contributed by atoms with Crippen molar-refractivity contribution in [1.82, 2.24) is 15.0 Å². The van der Waals surface area contributed by atoms with Gasteiger partial charge in [-0.3, -0.25) is 0 Å². The summed E-state index contributed by atoms with van der Waals surface area (Å²) in [5, 5.41) is 8.77. The molecule has 1 aromatic carbocycles. The number of benzene rings is 1. The summed E-state index contributed by atoms with van der Waals surface area (Å²) in [5.74, 6) is 0.860. The third-order valence-electron chi connectivity index (χ3n) is 2.20. The van der Waals surface area contributed by atoms with Crippen molar-refractivity contribution >= 4 is 15.9 Å². The summed E-state index contributed by atoms with van der Waals surface area (Å²) in [5.41, 5.74) is 2.08. The molecule has 2 rings (SSSR count). The maximum Gasteiger partial charge on any atom is 0.119 e. The Hall–Kier alpha value is -1.36. The van der Waals surface area contributed by atoms with Gasteiger partial charge in [-0.15, -0.1) is 5.10 Å². The van der Waals surface area contributed by atoms with Crippen LogP contribution in [0.2, 0.25) is 0 Å². The van der Waals surface area contributed by atoms with E-state index in [1.54, 1.807) is 7.11 Å². The van der Waals surface area contributed by atoms with Crippen molar-refractivity contribution in [2.45, 2.75) is 11.9 Å². The highest BCUT2D eigenvalue weighted by atomic mass is 79.9. The first-order valence-corrected chi connectivity index (χ1v) is 6.02. The highest BCUT2D eigenvalue weighted by molar-refractivity contribution is 9.08. The summed E-state index contributed by atoms with van der Waals surface area (Å²) in [7, 11) is 1.66. The van der Waals surface area contributed by atoms with Crippen LogP contribution in [0.15, 0.2) is 30.5 Å². The lowest BCUT2D eigenvalue weighted by Gasteiger charge is -2.03. The maximum atomic E-state index is 5.17. The minimum absolute atomic E-state index is 0.706. The number of ether oxygens (including phenoxy) is 1. The summed E-state index contributed by atoms with van der Waals surface area (Å²) < 4.78 is 6.98. The maximum absolute atomic E-state index is 5.17. The Labute approximate surface area is 102 Å². The Morgan fingerprint density at radius 1 is 1.44 bits per heavy atom. The summed E-state index contributed by atoms with van der Waals surface area (Å²) in [6.07, 6.45) is 1.92. The van der Waals surface area contributed by atoms with Crippen LogP contribution in [0.1, 0.15) is 11.3 Å². The summed E-state index contributed by atoms with van der Waals surface area (Å²) >= 11 is 3.34. The third kappa shape index (κ3) is 2.61. The molecule has 1 aromatic heterocycles. The molecule has 84 valence electrons. The van der Waals surface area contributed by atoms with E-state index in [2.05, 4.69) is 26.2 Å².